The molecule has 0 aliphatic heterocycles. The minimum atomic E-state index is 0. The van der Waals surface area contributed by atoms with Crippen LogP contribution in [-0.2, 0) is 6.54 Å². The number of guanidine groups is 1. The van der Waals surface area contributed by atoms with E-state index in [0.717, 1.165) is 22.0 Å². The molecule has 142 valence electrons. The number of hydrogen-bond acceptors (Lipinski definition) is 3. The van der Waals surface area contributed by atoms with Crippen LogP contribution in [0.15, 0.2) is 71.9 Å². The van der Waals surface area contributed by atoms with Crippen molar-refractivity contribution in [1.29, 1.82) is 0 Å². The number of hydrogen-bond donors (Lipinski definition) is 3. The first-order valence-corrected chi connectivity index (χ1v) is 8.74. The molecule has 2 aromatic carbocycles. The third-order valence-corrected chi connectivity index (χ3v) is 4.39. The number of nitrogens with zero attached hydrogens (tertiary/aromatic N) is 2. The van der Waals surface area contributed by atoms with Crippen molar-refractivity contribution in [2.75, 3.05) is 20.2 Å². The standard InChI is InChI=1S/C21H24N4O.HI/c1-22-21(25-14-19(15-26)16-7-3-2-4-8-16)24-13-18-10-5-9-17-11-6-12-23-20(17)18;/h2-12,19,26H,13-15H2,1H3,(H2,22,24,25);1H. The van der Waals surface area contributed by atoms with Crippen molar-refractivity contribution >= 4 is 40.8 Å². The summed E-state index contributed by atoms with van der Waals surface area (Å²) in [7, 11) is 1.74. The van der Waals surface area contributed by atoms with Crippen LogP contribution in [0.5, 0.6) is 0 Å². The minimum absolute atomic E-state index is 0. The van der Waals surface area contributed by atoms with Crippen molar-refractivity contribution < 1.29 is 5.11 Å². The summed E-state index contributed by atoms with van der Waals surface area (Å²) in [5, 5.41) is 17.4. The van der Waals surface area contributed by atoms with Gasteiger partial charge >= 0.3 is 0 Å². The second-order valence-corrected chi connectivity index (χ2v) is 6.09. The maximum atomic E-state index is 9.68. The fourth-order valence-electron chi connectivity index (χ4n) is 2.94. The van der Waals surface area contributed by atoms with Crippen molar-refractivity contribution in [3.8, 4) is 0 Å². The zero-order chi connectivity index (χ0) is 18.2. The Balaban J connectivity index is 0.00000261. The number of fused-ring (bicyclic) bond motifs is 1. The summed E-state index contributed by atoms with van der Waals surface area (Å²) in [5.41, 5.74) is 3.22. The molecule has 0 bridgehead atoms. The zero-order valence-electron chi connectivity index (χ0n) is 15.3. The van der Waals surface area contributed by atoms with Gasteiger partial charge in [0.25, 0.3) is 0 Å². The Labute approximate surface area is 177 Å². The Hall–Kier alpha value is -2.19. The lowest BCUT2D eigenvalue weighted by Crippen LogP contribution is -2.39. The molecule has 0 saturated carbocycles. The Morgan fingerprint density at radius 3 is 2.56 bits per heavy atom. The highest BCUT2D eigenvalue weighted by Gasteiger charge is 2.11. The lowest BCUT2D eigenvalue weighted by atomic mass is 10.0. The molecule has 0 fully saturated rings. The molecule has 1 unspecified atom stereocenters. The van der Waals surface area contributed by atoms with Gasteiger partial charge in [-0.05, 0) is 17.2 Å². The van der Waals surface area contributed by atoms with Crippen LogP contribution in [0.1, 0.15) is 17.0 Å². The molecule has 5 nitrogen and oxygen atoms in total. The first-order valence-electron chi connectivity index (χ1n) is 8.74. The fraction of sp³-hybridized carbons (Fsp3) is 0.238. The predicted octanol–water partition coefficient (Wildman–Crippen LogP) is 3.29. The number of aliphatic hydroxyl groups excluding tert-OH is 1. The molecular weight excluding hydrogens is 451 g/mol. The van der Waals surface area contributed by atoms with Gasteiger partial charge in [-0.3, -0.25) is 9.98 Å². The van der Waals surface area contributed by atoms with Crippen LogP contribution < -0.4 is 10.6 Å². The average molecular weight is 476 g/mol. The summed E-state index contributed by atoms with van der Waals surface area (Å²) >= 11 is 0. The Morgan fingerprint density at radius 2 is 1.81 bits per heavy atom. The van der Waals surface area contributed by atoms with Crippen LogP contribution in [0, 0.1) is 0 Å². The smallest absolute Gasteiger partial charge is 0.191 e. The third-order valence-electron chi connectivity index (χ3n) is 4.39. The van der Waals surface area contributed by atoms with Gasteiger partial charge in [-0.2, -0.15) is 0 Å². The molecule has 3 aromatic rings. The molecule has 27 heavy (non-hydrogen) atoms. The van der Waals surface area contributed by atoms with E-state index in [2.05, 4.69) is 38.8 Å². The minimum Gasteiger partial charge on any atom is -0.396 e. The van der Waals surface area contributed by atoms with Crippen LogP contribution in [0.2, 0.25) is 0 Å². The molecule has 0 saturated heterocycles. The van der Waals surface area contributed by atoms with Crippen molar-refractivity contribution in [2.45, 2.75) is 12.5 Å². The van der Waals surface area contributed by atoms with Gasteiger partial charge in [0, 0.05) is 37.6 Å². The van der Waals surface area contributed by atoms with Crippen molar-refractivity contribution in [3.63, 3.8) is 0 Å². The van der Waals surface area contributed by atoms with E-state index in [0.29, 0.717) is 19.0 Å². The Kier molecular flexibility index (Phi) is 8.47. The van der Waals surface area contributed by atoms with Gasteiger partial charge in [-0.15, -0.1) is 24.0 Å². The van der Waals surface area contributed by atoms with Crippen LogP contribution in [0.3, 0.4) is 0 Å². The molecule has 0 radical (unpaired) electrons. The van der Waals surface area contributed by atoms with Gasteiger partial charge in [0.05, 0.1) is 12.1 Å². The summed E-state index contributed by atoms with van der Waals surface area (Å²) in [4.78, 5) is 8.75. The molecule has 6 heteroatoms. The van der Waals surface area contributed by atoms with Gasteiger partial charge in [0.15, 0.2) is 5.96 Å². The number of halogens is 1. The molecule has 3 N–H and O–H groups in total. The summed E-state index contributed by atoms with van der Waals surface area (Å²) in [6.45, 7) is 1.32. The zero-order valence-corrected chi connectivity index (χ0v) is 17.6. The number of nitrogens with one attached hydrogen (secondary N) is 2. The number of para-hydroxylation sites is 1. The number of aliphatic hydroxyl groups is 1. The highest BCUT2D eigenvalue weighted by Crippen LogP contribution is 2.16. The van der Waals surface area contributed by atoms with Crippen LogP contribution in [0.25, 0.3) is 10.9 Å². The Morgan fingerprint density at radius 1 is 1.04 bits per heavy atom. The van der Waals surface area contributed by atoms with E-state index < -0.39 is 0 Å². The van der Waals surface area contributed by atoms with Crippen molar-refractivity contribution in [2.24, 2.45) is 4.99 Å². The van der Waals surface area contributed by atoms with E-state index in [9.17, 15) is 5.11 Å². The Bertz CT molecular complexity index is 865. The highest BCUT2D eigenvalue weighted by atomic mass is 127. The van der Waals surface area contributed by atoms with Gasteiger partial charge in [-0.1, -0.05) is 54.6 Å². The van der Waals surface area contributed by atoms with Crippen molar-refractivity contribution in [3.05, 3.63) is 78.0 Å². The third kappa shape index (κ3) is 5.64. The van der Waals surface area contributed by atoms with E-state index in [1.807, 2.05) is 48.7 Å². The second kappa shape index (κ2) is 10.8. The normalized spacial score (nSPS) is 12.3. The topological polar surface area (TPSA) is 69.5 Å². The SMILES string of the molecule is CN=C(NCc1cccc2cccnc12)NCC(CO)c1ccccc1.I. The van der Waals surface area contributed by atoms with Gasteiger partial charge in [0.1, 0.15) is 0 Å². The number of aromatic nitrogens is 1. The number of aliphatic imine (C=N–C) groups is 1. The largest absolute Gasteiger partial charge is 0.396 e. The predicted molar refractivity (Wildman–Crippen MR) is 122 cm³/mol. The first-order chi connectivity index (χ1) is 12.8. The molecule has 0 spiro atoms. The second-order valence-electron chi connectivity index (χ2n) is 6.09. The summed E-state index contributed by atoms with van der Waals surface area (Å²) in [5.74, 6) is 0.723. The monoisotopic (exact) mass is 476 g/mol. The van der Waals surface area contributed by atoms with E-state index in [1.54, 1.807) is 7.05 Å². The van der Waals surface area contributed by atoms with Crippen LogP contribution in [0.4, 0.5) is 0 Å². The summed E-state index contributed by atoms with van der Waals surface area (Å²) in [6.07, 6.45) is 1.81. The maximum absolute atomic E-state index is 9.68. The van der Waals surface area contributed by atoms with Crippen LogP contribution in [-0.4, -0.2) is 36.2 Å². The van der Waals surface area contributed by atoms with Crippen molar-refractivity contribution in [1.82, 2.24) is 15.6 Å². The molecule has 0 amide bonds. The van der Waals surface area contributed by atoms with E-state index >= 15 is 0 Å². The van der Waals surface area contributed by atoms with Gasteiger partial charge in [0.2, 0.25) is 0 Å². The molecule has 1 aromatic heterocycles. The van der Waals surface area contributed by atoms with Crippen LogP contribution >= 0.6 is 24.0 Å². The fourth-order valence-corrected chi connectivity index (χ4v) is 2.94. The first kappa shape index (κ1) is 21.1. The maximum Gasteiger partial charge on any atom is 0.191 e. The molecule has 0 aliphatic carbocycles. The number of benzene rings is 2. The number of rotatable bonds is 6. The van der Waals surface area contributed by atoms with Gasteiger partial charge < -0.3 is 15.7 Å². The molecule has 0 aliphatic rings. The summed E-state index contributed by atoms with van der Waals surface area (Å²) in [6, 6.07) is 20.2. The highest BCUT2D eigenvalue weighted by molar-refractivity contribution is 14.0. The number of pyridine rings is 1. The lowest BCUT2D eigenvalue weighted by molar-refractivity contribution is 0.265. The quantitative estimate of drug-likeness (QED) is 0.290. The summed E-state index contributed by atoms with van der Waals surface area (Å²) < 4.78 is 0. The van der Waals surface area contributed by atoms with E-state index in [1.165, 1.54) is 0 Å². The average Bonchev–Trinajstić information content (AvgIpc) is 2.71. The molecule has 1 heterocycles. The molecule has 1 atom stereocenters. The molecular formula is C21H25IN4O. The molecule has 3 rings (SSSR count). The van der Waals surface area contributed by atoms with Gasteiger partial charge in [-0.25, -0.2) is 0 Å². The van der Waals surface area contributed by atoms with E-state index in [4.69, 9.17) is 0 Å². The lowest BCUT2D eigenvalue weighted by Gasteiger charge is -2.18. The van der Waals surface area contributed by atoms with E-state index in [-0.39, 0.29) is 36.5 Å².